The van der Waals surface area contributed by atoms with Gasteiger partial charge >= 0.3 is 0 Å². The minimum absolute atomic E-state index is 0.241. The van der Waals surface area contributed by atoms with Gasteiger partial charge in [-0.25, -0.2) is 13.2 Å². The van der Waals surface area contributed by atoms with Gasteiger partial charge in [0.1, 0.15) is 0 Å². The van der Waals surface area contributed by atoms with Crippen LogP contribution in [0.5, 0.6) is 0 Å². The highest BCUT2D eigenvalue weighted by Gasteiger charge is 2.15. The van der Waals surface area contributed by atoms with Crippen molar-refractivity contribution >= 4 is 40.5 Å². The second-order valence-electron chi connectivity index (χ2n) is 4.28. The summed E-state index contributed by atoms with van der Waals surface area (Å²) in [5, 5.41) is 5.60. The fourth-order valence-electron chi connectivity index (χ4n) is 1.66. The topological polar surface area (TPSA) is 41.1 Å². The van der Waals surface area contributed by atoms with Gasteiger partial charge in [-0.2, -0.15) is 0 Å². The molecule has 0 fully saturated rings. The molecule has 0 aromatic heterocycles. The largest absolute Gasteiger partial charge is 0.376 e. The van der Waals surface area contributed by atoms with Crippen molar-refractivity contribution in [3.05, 3.63) is 57.8 Å². The molecule has 0 aliphatic rings. The molecule has 8 heteroatoms. The van der Waals surface area contributed by atoms with E-state index in [4.69, 9.17) is 23.2 Å². The van der Waals surface area contributed by atoms with Crippen LogP contribution in [0.1, 0.15) is 0 Å². The van der Waals surface area contributed by atoms with Crippen LogP contribution in [0.25, 0.3) is 0 Å². The molecular weight excluding hydrogens is 340 g/mol. The Morgan fingerprint density at radius 3 is 2.27 bits per heavy atom. The summed E-state index contributed by atoms with van der Waals surface area (Å²) in [6.07, 6.45) is 0. The van der Waals surface area contributed by atoms with Crippen molar-refractivity contribution in [2.75, 3.05) is 17.2 Å². The number of rotatable bonds is 4. The molecule has 0 aliphatic heterocycles. The first-order valence-corrected chi connectivity index (χ1v) is 6.75. The van der Waals surface area contributed by atoms with Crippen molar-refractivity contribution in [2.24, 2.45) is 0 Å². The predicted molar refractivity (Wildman–Crippen MR) is 79.9 cm³/mol. The van der Waals surface area contributed by atoms with Gasteiger partial charge in [-0.15, -0.1) is 0 Å². The molecule has 2 rings (SSSR count). The van der Waals surface area contributed by atoms with E-state index in [9.17, 15) is 18.0 Å². The first kappa shape index (κ1) is 16.5. The van der Waals surface area contributed by atoms with Crippen LogP contribution in [0, 0.1) is 17.5 Å². The van der Waals surface area contributed by atoms with Gasteiger partial charge in [-0.05, 0) is 30.3 Å². The number of carbonyl (C=O) groups is 1. The van der Waals surface area contributed by atoms with Crippen molar-refractivity contribution in [2.45, 2.75) is 0 Å². The predicted octanol–water partition coefficient (Wildman–Crippen LogP) is 4.46. The molecule has 2 N–H and O–H groups in total. The van der Waals surface area contributed by atoms with E-state index < -0.39 is 29.0 Å². The molecule has 1 amide bonds. The van der Waals surface area contributed by atoms with Crippen molar-refractivity contribution < 1.29 is 18.0 Å². The Bertz CT molecular complexity index is 705. The van der Waals surface area contributed by atoms with Gasteiger partial charge in [0.25, 0.3) is 0 Å². The normalized spacial score (nSPS) is 10.4. The number of amides is 1. The van der Waals surface area contributed by atoms with Crippen molar-refractivity contribution in [3.8, 4) is 0 Å². The molecule has 0 spiro atoms. The van der Waals surface area contributed by atoms with Crippen LogP contribution in [0.4, 0.5) is 24.5 Å². The van der Waals surface area contributed by atoms with Crippen LogP contribution >= 0.6 is 23.2 Å². The Labute approximate surface area is 134 Å². The highest BCUT2D eigenvalue weighted by Crippen LogP contribution is 2.22. The molecule has 0 bridgehead atoms. The van der Waals surface area contributed by atoms with Crippen LogP contribution in [-0.4, -0.2) is 12.5 Å². The second kappa shape index (κ2) is 6.89. The molecule has 0 unspecified atom stereocenters. The summed E-state index contributed by atoms with van der Waals surface area (Å²) >= 11 is 11.6. The number of hydrogen-bond acceptors (Lipinski definition) is 2. The SMILES string of the molecule is O=C(CNc1cc(Cl)cc(Cl)c1)Nc1ccc(F)c(F)c1F. The minimum atomic E-state index is -1.65. The van der Waals surface area contributed by atoms with Gasteiger partial charge in [-0.3, -0.25) is 4.79 Å². The average molecular weight is 349 g/mol. The summed E-state index contributed by atoms with van der Waals surface area (Å²) in [5.41, 5.74) is 0.0354. The fourth-order valence-corrected chi connectivity index (χ4v) is 2.18. The van der Waals surface area contributed by atoms with Gasteiger partial charge in [0.2, 0.25) is 5.91 Å². The summed E-state index contributed by atoms with van der Waals surface area (Å²) in [6, 6.07) is 6.25. The van der Waals surface area contributed by atoms with E-state index in [1.54, 1.807) is 12.1 Å². The van der Waals surface area contributed by atoms with E-state index in [2.05, 4.69) is 10.6 Å². The van der Waals surface area contributed by atoms with Crippen LogP contribution < -0.4 is 10.6 Å². The first-order chi connectivity index (χ1) is 10.4. The van der Waals surface area contributed by atoms with Gasteiger partial charge in [0.15, 0.2) is 17.5 Å². The molecule has 116 valence electrons. The zero-order valence-electron chi connectivity index (χ0n) is 10.9. The van der Waals surface area contributed by atoms with Gasteiger partial charge in [0.05, 0.1) is 12.2 Å². The van der Waals surface area contributed by atoms with Crippen molar-refractivity contribution in [3.63, 3.8) is 0 Å². The van der Waals surface area contributed by atoms with Crippen LogP contribution in [0.2, 0.25) is 10.0 Å². The summed E-state index contributed by atoms with van der Waals surface area (Å²) in [5.74, 6) is -5.09. The maximum Gasteiger partial charge on any atom is 0.243 e. The molecule has 0 atom stereocenters. The van der Waals surface area contributed by atoms with E-state index in [1.807, 2.05) is 0 Å². The van der Waals surface area contributed by atoms with Gasteiger partial charge in [-0.1, -0.05) is 23.2 Å². The van der Waals surface area contributed by atoms with Crippen molar-refractivity contribution in [1.29, 1.82) is 0 Å². The Kier molecular flexibility index (Phi) is 5.15. The Morgan fingerprint density at radius 1 is 1.00 bits per heavy atom. The summed E-state index contributed by atoms with van der Waals surface area (Å²) in [6.45, 7) is -0.241. The molecule has 22 heavy (non-hydrogen) atoms. The maximum absolute atomic E-state index is 13.4. The average Bonchev–Trinajstić information content (AvgIpc) is 2.45. The second-order valence-corrected chi connectivity index (χ2v) is 5.16. The third kappa shape index (κ3) is 4.05. The summed E-state index contributed by atoms with van der Waals surface area (Å²) in [4.78, 5) is 11.7. The lowest BCUT2D eigenvalue weighted by atomic mass is 10.2. The Balaban J connectivity index is 2.00. The molecule has 0 heterocycles. The van der Waals surface area contributed by atoms with Gasteiger partial charge in [0, 0.05) is 15.7 Å². The number of nitrogens with one attached hydrogen (secondary N) is 2. The van der Waals surface area contributed by atoms with E-state index in [1.165, 1.54) is 6.07 Å². The van der Waals surface area contributed by atoms with E-state index in [0.717, 1.165) is 12.1 Å². The van der Waals surface area contributed by atoms with Crippen molar-refractivity contribution in [1.82, 2.24) is 0 Å². The quantitative estimate of drug-likeness (QED) is 0.801. The zero-order valence-corrected chi connectivity index (χ0v) is 12.4. The summed E-state index contributed by atoms with van der Waals surface area (Å²) in [7, 11) is 0. The number of halogens is 5. The third-order valence-electron chi connectivity index (χ3n) is 2.62. The van der Waals surface area contributed by atoms with E-state index >= 15 is 0 Å². The summed E-state index contributed by atoms with van der Waals surface area (Å²) < 4.78 is 39.2. The molecule has 2 aromatic rings. The lowest BCUT2D eigenvalue weighted by Gasteiger charge is -2.09. The van der Waals surface area contributed by atoms with Crippen LogP contribution in [0.15, 0.2) is 30.3 Å². The highest BCUT2D eigenvalue weighted by atomic mass is 35.5. The van der Waals surface area contributed by atoms with Gasteiger partial charge < -0.3 is 10.6 Å². The monoisotopic (exact) mass is 348 g/mol. The lowest BCUT2D eigenvalue weighted by Crippen LogP contribution is -2.22. The molecule has 3 nitrogen and oxygen atoms in total. The fraction of sp³-hybridized carbons (Fsp3) is 0.0714. The Morgan fingerprint density at radius 2 is 1.64 bits per heavy atom. The van der Waals surface area contributed by atoms with E-state index in [0.29, 0.717) is 15.7 Å². The zero-order chi connectivity index (χ0) is 16.3. The molecule has 0 saturated heterocycles. The number of carbonyl (C=O) groups excluding carboxylic acids is 1. The minimum Gasteiger partial charge on any atom is -0.376 e. The number of benzene rings is 2. The standard InChI is InChI=1S/C14H9Cl2F3N2O/c15-7-3-8(16)5-9(4-7)20-6-12(22)21-11-2-1-10(17)13(18)14(11)19/h1-5,20H,6H2,(H,21,22). The molecular formula is C14H9Cl2F3N2O. The van der Waals surface area contributed by atoms with Crippen LogP contribution in [-0.2, 0) is 4.79 Å². The third-order valence-corrected chi connectivity index (χ3v) is 3.06. The molecule has 0 saturated carbocycles. The molecule has 2 aromatic carbocycles. The number of hydrogen-bond donors (Lipinski definition) is 2. The number of anilines is 2. The van der Waals surface area contributed by atoms with Crippen LogP contribution in [0.3, 0.4) is 0 Å². The Hall–Kier alpha value is -1.92. The molecule has 0 aliphatic carbocycles. The highest BCUT2D eigenvalue weighted by molar-refractivity contribution is 6.35. The molecule has 0 radical (unpaired) electrons. The smallest absolute Gasteiger partial charge is 0.243 e. The maximum atomic E-state index is 13.4. The lowest BCUT2D eigenvalue weighted by molar-refractivity contribution is -0.114. The van der Waals surface area contributed by atoms with E-state index in [-0.39, 0.29) is 6.54 Å². The first-order valence-electron chi connectivity index (χ1n) is 6.00.